The van der Waals surface area contributed by atoms with Gasteiger partial charge in [0, 0.05) is 41.1 Å². The first-order valence-electron chi connectivity index (χ1n) is 10.1. The van der Waals surface area contributed by atoms with Crippen molar-refractivity contribution in [1.82, 2.24) is 9.88 Å². The van der Waals surface area contributed by atoms with E-state index in [0.29, 0.717) is 30.9 Å². The molecule has 0 atom stereocenters. The van der Waals surface area contributed by atoms with Gasteiger partial charge in [0.15, 0.2) is 0 Å². The average molecular weight is 497 g/mol. The Hall–Kier alpha value is -3.16. The molecule has 0 saturated carbocycles. The summed E-state index contributed by atoms with van der Waals surface area (Å²) in [4.78, 5) is 12.3. The van der Waals surface area contributed by atoms with Gasteiger partial charge in [0.05, 0.1) is 12.6 Å². The van der Waals surface area contributed by atoms with E-state index in [4.69, 9.17) is 4.74 Å². The van der Waals surface area contributed by atoms with Gasteiger partial charge in [-0.05, 0) is 47.5 Å². The van der Waals surface area contributed by atoms with Crippen molar-refractivity contribution < 1.29 is 19.0 Å². The molecule has 0 saturated heterocycles. The number of nitrogens with zero attached hydrogens (tertiary/aromatic N) is 1. The number of aromatic carboxylic acids is 1. The van der Waals surface area contributed by atoms with Crippen molar-refractivity contribution in [1.29, 1.82) is 0 Å². The molecule has 0 aliphatic heterocycles. The summed E-state index contributed by atoms with van der Waals surface area (Å²) in [6.07, 6.45) is 0. The fraction of sp³-hybridized carbons (Fsp3) is 0.160. The second-order valence-corrected chi connectivity index (χ2v) is 8.38. The van der Waals surface area contributed by atoms with Crippen LogP contribution < -0.4 is 10.1 Å². The lowest BCUT2D eigenvalue weighted by Gasteiger charge is -2.10. The Morgan fingerprint density at radius 1 is 1.06 bits per heavy atom. The number of hydrogen-bond donors (Lipinski definition) is 2. The minimum absolute atomic E-state index is 0.208. The number of ether oxygens (including phenoxy) is 1. The lowest BCUT2D eigenvalue weighted by molar-refractivity contribution is 0.0684. The molecule has 3 aromatic carbocycles. The number of aromatic nitrogens is 1. The van der Waals surface area contributed by atoms with Crippen molar-refractivity contribution in [3.05, 3.63) is 99.4 Å². The van der Waals surface area contributed by atoms with Gasteiger partial charge in [-0.1, -0.05) is 40.2 Å². The molecule has 0 radical (unpaired) electrons. The second kappa shape index (κ2) is 9.54. The maximum absolute atomic E-state index is 13.4. The number of carbonyl (C=O) groups is 1. The number of halogens is 2. The summed E-state index contributed by atoms with van der Waals surface area (Å²) in [5.74, 6) is -0.703. The monoisotopic (exact) mass is 496 g/mol. The van der Waals surface area contributed by atoms with Crippen molar-refractivity contribution in [2.45, 2.75) is 19.6 Å². The van der Waals surface area contributed by atoms with E-state index in [9.17, 15) is 14.3 Å². The first-order valence-corrected chi connectivity index (χ1v) is 10.9. The van der Waals surface area contributed by atoms with Crippen LogP contribution in [0.1, 0.15) is 27.2 Å². The first kappa shape index (κ1) is 22.0. The molecule has 0 aliphatic carbocycles. The number of hydrogen-bond acceptors (Lipinski definition) is 3. The summed E-state index contributed by atoms with van der Waals surface area (Å²) >= 11 is 3.47. The van der Waals surface area contributed by atoms with Crippen LogP contribution in [0.4, 0.5) is 4.39 Å². The van der Waals surface area contributed by atoms with E-state index < -0.39 is 5.97 Å². The van der Waals surface area contributed by atoms with Gasteiger partial charge >= 0.3 is 5.97 Å². The van der Waals surface area contributed by atoms with Crippen LogP contribution in [0.15, 0.2) is 71.2 Å². The molecule has 0 spiro atoms. The first-order chi connectivity index (χ1) is 15.5. The predicted octanol–water partition coefficient (Wildman–Crippen LogP) is 5.59. The summed E-state index contributed by atoms with van der Waals surface area (Å²) in [6, 6.07) is 19.6. The van der Waals surface area contributed by atoms with E-state index in [1.54, 1.807) is 23.8 Å². The number of benzene rings is 3. The summed E-state index contributed by atoms with van der Waals surface area (Å²) < 4.78 is 21.5. The highest BCUT2D eigenvalue weighted by Crippen LogP contribution is 2.31. The van der Waals surface area contributed by atoms with Crippen molar-refractivity contribution in [3.63, 3.8) is 0 Å². The van der Waals surface area contributed by atoms with Crippen LogP contribution in [0, 0.1) is 5.82 Å². The van der Waals surface area contributed by atoms with Crippen LogP contribution in [0.2, 0.25) is 0 Å². The van der Waals surface area contributed by atoms with Crippen molar-refractivity contribution in [3.8, 4) is 5.75 Å². The van der Waals surface area contributed by atoms with Gasteiger partial charge in [-0.2, -0.15) is 0 Å². The Labute approximate surface area is 193 Å². The normalized spacial score (nSPS) is 11.1. The lowest BCUT2D eigenvalue weighted by Crippen LogP contribution is -2.17. The van der Waals surface area contributed by atoms with E-state index in [0.717, 1.165) is 26.5 Å². The molecule has 0 fully saturated rings. The smallest absolute Gasteiger partial charge is 0.352 e. The molecule has 7 heteroatoms. The van der Waals surface area contributed by atoms with E-state index in [-0.39, 0.29) is 11.5 Å². The third-order valence-electron chi connectivity index (χ3n) is 5.35. The Morgan fingerprint density at radius 2 is 1.84 bits per heavy atom. The summed E-state index contributed by atoms with van der Waals surface area (Å²) in [6.45, 7) is 1.28. The fourth-order valence-corrected chi connectivity index (χ4v) is 4.31. The van der Waals surface area contributed by atoms with Crippen molar-refractivity contribution in [2.75, 3.05) is 7.11 Å². The quantitative estimate of drug-likeness (QED) is 0.333. The number of nitrogens with one attached hydrogen (secondary N) is 1. The molecular weight excluding hydrogens is 475 g/mol. The highest BCUT2D eigenvalue weighted by molar-refractivity contribution is 9.10. The molecule has 32 heavy (non-hydrogen) atoms. The van der Waals surface area contributed by atoms with E-state index in [2.05, 4.69) is 21.2 Å². The maximum Gasteiger partial charge on any atom is 0.352 e. The summed E-state index contributed by atoms with van der Waals surface area (Å²) in [7, 11) is 1.58. The van der Waals surface area contributed by atoms with Crippen LogP contribution in [0.3, 0.4) is 0 Å². The van der Waals surface area contributed by atoms with E-state index in [1.807, 2.05) is 42.5 Å². The molecule has 4 aromatic rings. The number of fused-ring (bicyclic) bond motifs is 1. The largest absolute Gasteiger partial charge is 0.497 e. The molecule has 2 N–H and O–H groups in total. The third-order valence-corrected chi connectivity index (χ3v) is 5.85. The van der Waals surface area contributed by atoms with Gasteiger partial charge in [0.25, 0.3) is 0 Å². The number of carboxylic acid groups (broad SMARTS) is 1. The van der Waals surface area contributed by atoms with Crippen molar-refractivity contribution >= 4 is 32.8 Å². The van der Waals surface area contributed by atoms with Gasteiger partial charge in [-0.3, -0.25) is 0 Å². The Balaban J connectivity index is 1.74. The SMILES string of the molecule is COc1ccc2c(CNCc3cccc(Br)c3)c(C(=O)O)n(Cc3ccc(F)cc3)c2c1. The molecule has 1 aromatic heterocycles. The zero-order valence-corrected chi connectivity index (χ0v) is 19.0. The molecule has 0 bridgehead atoms. The summed E-state index contributed by atoms with van der Waals surface area (Å²) in [5, 5.41) is 14.3. The summed E-state index contributed by atoms with van der Waals surface area (Å²) in [5.41, 5.74) is 3.56. The number of methoxy groups -OCH3 is 1. The van der Waals surface area contributed by atoms with Gasteiger partial charge in [-0.15, -0.1) is 0 Å². The minimum atomic E-state index is -1.01. The standard InChI is InChI=1S/C25H22BrFN2O3/c1-32-20-9-10-21-22(14-28-13-17-3-2-4-18(26)11-17)24(25(30)31)29(23(21)12-20)15-16-5-7-19(27)8-6-16/h2-12,28H,13-15H2,1H3,(H,30,31). The zero-order chi connectivity index (χ0) is 22.7. The molecule has 1 heterocycles. The number of carboxylic acids is 1. The Kier molecular flexibility index (Phi) is 6.58. The fourth-order valence-electron chi connectivity index (χ4n) is 3.87. The van der Waals surface area contributed by atoms with Crippen LogP contribution in [0.25, 0.3) is 10.9 Å². The molecule has 5 nitrogen and oxygen atoms in total. The van der Waals surface area contributed by atoms with Crippen LogP contribution >= 0.6 is 15.9 Å². The minimum Gasteiger partial charge on any atom is -0.497 e. The average Bonchev–Trinajstić information content (AvgIpc) is 3.08. The molecule has 0 unspecified atom stereocenters. The maximum atomic E-state index is 13.4. The molecule has 164 valence electrons. The van der Waals surface area contributed by atoms with Gasteiger partial charge in [0.2, 0.25) is 0 Å². The van der Waals surface area contributed by atoms with Gasteiger partial charge < -0.3 is 19.7 Å². The van der Waals surface area contributed by atoms with Gasteiger partial charge in [-0.25, -0.2) is 9.18 Å². The predicted molar refractivity (Wildman–Crippen MR) is 126 cm³/mol. The molecule has 0 aliphatic rings. The number of rotatable bonds is 8. The van der Waals surface area contributed by atoms with Crippen LogP contribution in [0.5, 0.6) is 5.75 Å². The van der Waals surface area contributed by atoms with Gasteiger partial charge in [0.1, 0.15) is 17.3 Å². The molecule has 4 rings (SSSR count). The highest BCUT2D eigenvalue weighted by atomic mass is 79.9. The second-order valence-electron chi connectivity index (χ2n) is 7.46. The third kappa shape index (κ3) is 4.69. The lowest BCUT2D eigenvalue weighted by atomic mass is 10.1. The molecular formula is C25H22BrFN2O3. The Bertz CT molecular complexity index is 1270. The topological polar surface area (TPSA) is 63.5 Å². The highest BCUT2D eigenvalue weighted by Gasteiger charge is 2.23. The van der Waals surface area contributed by atoms with Crippen LogP contribution in [-0.4, -0.2) is 22.8 Å². The molecule has 0 amide bonds. The van der Waals surface area contributed by atoms with E-state index in [1.165, 1.54) is 12.1 Å². The van der Waals surface area contributed by atoms with Crippen molar-refractivity contribution in [2.24, 2.45) is 0 Å². The van der Waals surface area contributed by atoms with Crippen LogP contribution in [-0.2, 0) is 19.6 Å². The Morgan fingerprint density at radius 3 is 2.53 bits per heavy atom. The van der Waals surface area contributed by atoms with E-state index >= 15 is 0 Å². The zero-order valence-electron chi connectivity index (χ0n) is 17.4.